The Hall–Kier alpha value is -1.35. The monoisotopic (exact) mass is 232 g/mol. The highest BCUT2D eigenvalue weighted by Crippen LogP contribution is 2.21. The van der Waals surface area contributed by atoms with Gasteiger partial charge in [0.25, 0.3) is 0 Å². The summed E-state index contributed by atoms with van der Waals surface area (Å²) in [4.78, 5) is 13.5. The molecule has 0 aromatic heterocycles. The Bertz CT molecular complexity index is 386. The maximum atomic E-state index is 11.8. The zero-order valence-electron chi connectivity index (χ0n) is 10.4. The third kappa shape index (κ3) is 2.67. The summed E-state index contributed by atoms with van der Waals surface area (Å²) in [6.45, 7) is 2.94. The molecule has 92 valence electrons. The standard InChI is InChI=1S/C14H20N2O/c1-2-3-4-11-5-7-12(8-6-11)16-10-9-13(15)14(16)17/h5-8,13H,2-4,9-10,15H2,1H3. The molecule has 1 heterocycles. The first-order chi connectivity index (χ1) is 8.22. The molecule has 1 aliphatic heterocycles. The van der Waals surface area contributed by atoms with E-state index < -0.39 is 0 Å². The molecule has 3 nitrogen and oxygen atoms in total. The lowest BCUT2D eigenvalue weighted by Gasteiger charge is -2.16. The van der Waals surface area contributed by atoms with Gasteiger partial charge < -0.3 is 10.6 Å². The number of hydrogen-bond donors (Lipinski definition) is 1. The summed E-state index contributed by atoms with van der Waals surface area (Å²) in [7, 11) is 0. The fraction of sp³-hybridized carbons (Fsp3) is 0.500. The summed E-state index contributed by atoms with van der Waals surface area (Å²) >= 11 is 0. The summed E-state index contributed by atoms with van der Waals surface area (Å²) in [5.41, 5.74) is 8.02. The average molecular weight is 232 g/mol. The van der Waals surface area contributed by atoms with Gasteiger partial charge in [-0.05, 0) is 37.0 Å². The molecular formula is C14H20N2O. The molecular weight excluding hydrogens is 212 g/mol. The Morgan fingerprint density at radius 1 is 1.35 bits per heavy atom. The second kappa shape index (κ2) is 5.32. The Labute approximate surface area is 103 Å². The summed E-state index contributed by atoms with van der Waals surface area (Å²) in [6.07, 6.45) is 4.30. The van der Waals surface area contributed by atoms with Crippen molar-refractivity contribution in [3.05, 3.63) is 29.8 Å². The van der Waals surface area contributed by atoms with Crippen molar-refractivity contribution in [3.63, 3.8) is 0 Å². The van der Waals surface area contributed by atoms with Crippen molar-refractivity contribution in [1.29, 1.82) is 0 Å². The molecule has 2 N–H and O–H groups in total. The molecule has 1 unspecified atom stereocenters. The van der Waals surface area contributed by atoms with Crippen LogP contribution in [-0.4, -0.2) is 18.5 Å². The molecule has 0 radical (unpaired) electrons. The average Bonchev–Trinajstić information content (AvgIpc) is 2.68. The second-order valence-corrected chi connectivity index (χ2v) is 4.66. The van der Waals surface area contributed by atoms with E-state index in [9.17, 15) is 4.79 Å². The van der Waals surface area contributed by atoms with E-state index in [1.807, 2.05) is 12.1 Å². The van der Waals surface area contributed by atoms with E-state index >= 15 is 0 Å². The van der Waals surface area contributed by atoms with Gasteiger partial charge in [-0.2, -0.15) is 0 Å². The summed E-state index contributed by atoms with van der Waals surface area (Å²) in [5, 5.41) is 0. The first-order valence-electron chi connectivity index (χ1n) is 6.38. The van der Waals surface area contributed by atoms with Gasteiger partial charge in [0.2, 0.25) is 5.91 Å². The number of nitrogens with two attached hydrogens (primary N) is 1. The highest BCUT2D eigenvalue weighted by molar-refractivity contribution is 5.99. The van der Waals surface area contributed by atoms with Crippen LogP contribution in [0, 0.1) is 0 Å². The lowest BCUT2D eigenvalue weighted by molar-refractivity contribution is -0.118. The molecule has 1 aromatic carbocycles. The first kappa shape index (κ1) is 12.1. The SMILES string of the molecule is CCCCc1ccc(N2CCC(N)C2=O)cc1. The van der Waals surface area contributed by atoms with Gasteiger partial charge >= 0.3 is 0 Å². The van der Waals surface area contributed by atoms with Gasteiger partial charge in [0.1, 0.15) is 0 Å². The summed E-state index contributed by atoms with van der Waals surface area (Å²) in [5.74, 6) is 0.0475. The van der Waals surface area contributed by atoms with Crippen LogP contribution in [-0.2, 0) is 11.2 Å². The molecule has 1 amide bonds. The fourth-order valence-electron chi connectivity index (χ4n) is 2.18. The molecule has 0 aliphatic carbocycles. The van der Waals surface area contributed by atoms with E-state index in [1.54, 1.807) is 4.90 Å². The molecule has 0 saturated carbocycles. The normalized spacial score (nSPS) is 20.0. The quantitative estimate of drug-likeness (QED) is 0.864. The number of carbonyl (C=O) groups is 1. The van der Waals surface area contributed by atoms with Crippen molar-refractivity contribution in [2.24, 2.45) is 5.73 Å². The molecule has 0 spiro atoms. The predicted molar refractivity (Wildman–Crippen MR) is 70.0 cm³/mol. The van der Waals surface area contributed by atoms with Gasteiger partial charge in [-0.3, -0.25) is 4.79 Å². The third-order valence-corrected chi connectivity index (χ3v) is 3.31. The van der Waals surface area contributed by atoms with E-state index in [1.165, 1.54) is 18.4 Å². The van der Waals surface area contributed by atoms with Gasteiger partial charge in [0.15, 0.2) is 0 Å². The van der Waals surface area contributed by atoms with Crippen LogP contribution < -0.4 is 10.6 Å². The van der Waals surface area contributed by atoms with E-state index in [0.29, 0.717) is 0 Å². The van der Waals surface area contributed by atoms with Crippen LogP contribution in [0.1, 0.15) is 31.7 Å². The topological polar surface area (TPSA) is 46.3 Å². The van der Waals surface area contributed by atoms with E-state index in [0.717, 1.165) is 25.1 Å². The Kier molecular flexibility index (Phi) is 3.79. The second-order valence-electron chi connectivity index (χ2n) is 4.66. The molecule has 17 heavy (non-hydrogen) atoms. The molecule has 2 rings (SSSR count). The number of amides is 1. The zero-order valence-corrected chi connectivity index (χ0v) is 10.4. The molecule has 0 bridgehead atoms. The van der Waals surface area contributed by atoms with Crippen molar-refractivity contribution in [3.8, 4) is 0 Å². The molecule has 1 saturated heterocycles. The molecule has 1 aliphatic rings. The molecule has 1 fully saturated rings. The third-order valence-electron chi connectivity index (χ3n) is 3.31. The van der Waals surface area contributed by atoms with Gasteiger partial charge in [-0.1, -0.05) is 25.5 Å². The summed E-state index contributed by atoms with van der Waals surface area (Å²) in [6, 6.07) is 7.97. The maximum absolute atomic E-state index is 11.8. The highest BCUT2D eigenvalue weighted by Gasteiger charge is 2.29. The molecule has 3 heteroatoms. The minimum atomic E-state index is -0.310. The number of carbonyl (C=O) groups excluding carboxylic acids is 1. The van der Waals surface area contributed by atoms with Crippen LogP contribution in [0.15, 0.2) is 24.3 Å². The zero-order chi connectivity index (χ0) is 12.3. The van der Waals surface area contributed by atoms with Crippen LogP contribution in [0.3, 0.4) is 0 Å². The largest absolute Gasteiger partial charge is 0.320 e. The van der Waals surface area contributed by atoms with Crippen LogP contribution in [0.4, 0.5) is 5.69 Å². The minimum absolute atomic E-state index is 0.0475. The van der Waals surface area contributed by atoms with E-state index in [-0.39, 0.29) is 11.9 Å². The number of nitrogens with zero attached hydrogens (tertiary/aromatic N) is 1. The summed E-state index contributed by atoms with van der Waals surface area (Å²) < 4.78 is 0. The van der Waals surface area contributed by atoms with Crippen LogP contribution in [0.2, 0.25) is 0 Å². The fourth-order valence-corrected chi connectivity index (χ4v) is 2.18. The van der Waals surface area contributed by atoms with Crippen molar-refractivity contribution in [2.75, 3.05) is 11.4 Å². The Balaban J connectivity index is 2.05. The van der Waals surface area contributed by atoms with Crippen LogP contribution in [0.5, 0.6) is 0 Å². The molecule has 1 aromatic rings. The highest BCUT2D eigenvalue weighted by atomic mass is 16.2. The minimum Gasteiger partial charge on any atom is -0.320 e. The van der Waals surface area contributed by atoms with Gasteiger partial charge in [0.05, 0.1) is 6.04 Å². The van der Waals surface area contributed by atoms with Gasteiger partial charge in [-0.25, -0.2) is 0 Å². The lowest BCUT2D eigenvalue weighted by Crippen LogP contribution is -2.33. The van der Waals surface area contributed by atoms with E-state index in [2.05, 4.69) is 19.1 Å². The van der Waals surface area contributed by atoms with E-state index in [4.69, 9.17) is 5.73 Å². The number of unbranched alkanes of at least 4 members (excludes halogenated alkanes) is 1. The van der Waals surface area contributed by atoms with Crippen molar-refractivity contribution in [2.45, 2.75) is 38.6 Å². The van der Waals surface area contributed by atoms with Crippen molar-refractivity contribution >= 4 is 11.6 Å². The number of hydrogen-bond acceptors (Lipinski definition) is 2. The number of rotatable bonds is 4. The maximum Gasteiger partial charge on any atom is 0.243 e. The number of aryl methyl sites for hydroxylation is 1. The van der Waals surface area contributed by atoms with Crippen molar-refractivity contribution in [1.82, 2.24) is 0 Å². The van der Waals surface area contributed by atoms with Gasteiger partial charge in [0, 0.05) is 12.2 Å². The van der Waals surface area contributed by atoms with Crippen molar-refractivity contribution < 1.29 is 4.79 Å². The van der Waals surface area contributed by atoms with Crippen LogP contribution in [0.25, 0.3) is 0 Å². The lowest BCUT2D eigenvalue weighted by atomic mass is 10.1. The van der Waals surface area contributed by atoms with Crippen LogP contribution >= 0.6 is 0 Å². The predicted octanol–water partition coefficient (Wildman–Crippen LogP) is 2.09. The number of anilines is 1. The van der Waals surface area contributed by atoms with Gasteiger partial charge in [-0.15, -0.1) is 0 Å². The molecule has 1 atom stereocenters. The Morgan fingerprint density at radius 3 is 2.59 bits per heavy atom. The Morgan fingerprint density at radius 2 is 2.06 bits per heavy atom. The number of benzene rings is 1. The first-order valence-corrected chi connectivity index (χ1v) is 6.38. The smallest absolute Gasteiger partial charge is 0.243 e.